The van der Waals surface area contributed by atoms with Gasteiger partial charge < -0.3 is 24.2 Å². The molecule has 4 aliphatic rings. The molecule has 0 N–H and O–H groups in total. The van der Waals surface area contributed by atoms with Crippen LogP contribution in [0.3, 0.4) is 0 Å². The molecule has 0 amide bonds. The Morgan fingerprint density at radius 1 is 0.645 bits per heavy atom. The van der Waals surface area contributed by atoms with E-state index in [-0.39, 0.29) is 5.82 Å². The monoisotopic (exact) mass is 434 g/mol. The van der Waals surface area contributed by atoms with Crippen LogP contribution in [-0.2, 0) is 9.47 Å². The van der Waals surface area contributed by atoms with Crippen molar-refractivity contribution in [2.45, 2.75) is 38.1 Å². The largest absolute Gasteiger partial charge is 0.378 e. The highest BCUT2D eigenvalue weighted by atomic mass is 19.1. The van der Waals surface area contributed by atoms with Crippen LogP contribution in [0.1, 0.15) is 32.1 Å². The smallest absolute Gasteiger partial charge is 0.229 e. The lowest BCUT2D eigenvalue weighted by molar-refractivity contribution is 0.121. The van der Waals surface area contributed by atoms with E-state index in [1.165, 1.54) is 32.1 Å². The predicted molar refractivity (Wildman–Crippen MR) is 119 cm³/mol. The molecular formula is C22H35FN6O2. The standard InChI is InChI=1S/C22H35FN6O2/c23-19-20(27-8-6-26(7-9-27)18-4-2-1-3-5-18)24-22(29-12-16-31-17-13-29)25-21(19)28-10-14-30-15-11-28/h18H,1-17H2. The van der Waals surface area contributed by atoms with Gasteiger partial charge in [-0.3, -0.25) is 4.90 Å². The molecule has 5 rings (SSSR count). The fourth-order valence-corrected chi connectivity index (χ4v) is 5.26. The lowest BCUT2D eigenvalue weighted by Crippen LogP contribution is -2.51. The highest BCUT2D eigenvalue weighted by Gasteiger charge is 2.30. The number of ether oxygens (including phenoxy) is 2. The quantitative estimate of drug-likeness (QED) is 0.711. The summed E-state index contributed by atoms with van der Waals surface area (Å²) in [6.45, 7) is 8.90. The number of halogens is 1. The van der Waals surface area contributed by atoms with Crippen molar-refractivity contribution in [1.82, 2.24) is 14.9 Å². The van der Waals surface area contributed by atoms with Crippen LogP contribution in [0.4, 0.5) is 22.0 Å². The average molecular weight is 435 g/mol. The molecule has 3 saturated heterocycles. The summed E-state index contributed by atoms with van der Waals surface area (Å²) >= 11 is 0. The van der Waals surface area contributed by atoms with Crippen molar-refractivity contribution in [3.8, 4) is 0 Å². The van der Waals surface area contributed by atoms with E-state index in [0.29, 0.717) is 63.1 Å². The van der Waals surface area contributed by atoms with Crippen LogP contribution in [-0.4, -0.2) is 99.7 Å². The molecule has 0 bridgehead atoms. The van der Waals surface area contributed by atoms with Crippen LogP contribution in [0.2, 0.25) is 0 Å². The molecule has 0 atom stereocenters. The van der Waals surface area contributed by atoms with Gasteiger partial charge in [0.1, 0.15) is 0 Å². The first kappa shape index (κ1) is 21.2. The number of piperazine rings is 1. The first-order chi connectivity index (χ1) is 15.3. The SMILES string of the molecule is Fc1c(N2CCOCC2)nc(N2CCOCC2)nc1N1CCN(C2CCCCC2)CC1. The normalized spacial score (nSPS) is 24.6. The molecule has 4 heterocycles. The lowest BCUT2D eigenvalue weighted by atomic mass is 9.94. The Labute approximate surface area is 184 Å². The fourth-order valence-electron chi connectivity index (χ4n) is 5.26. The number of rotatable bonds is 4. The summed E-state index contributed by atoms with van der Waals surface area (Å²) in [6.07, 6.45) is 6.68. The van der Waals surface area contributed by atoms with Crippen molar-refractivity contribution in [3.05, 3.63) is 5.82 Å². The van der Waals surface area contributed by atoms with E-state index >= 15 is 4.39 Å². The first-order valence-electron chi connectivity index (χ1n) is 12.0. The third-order valence-electron chi connectivity index (χ3n) is 7.11. The third-order valence-corrected chi connectivity index (χ3v) is 7.11. The number of morpholine rings is 2. The van der Waals surface area contributed by atoms with Gasteiger partial charge in [-0.05, 0) is 12.8 Å². The zero-order chi connectivity index (χ0) is 21.0. The summed E-state index contributed by atoms with van der Waals surface area (Å²) in [4.78, 5) is 18.3. The van der Waals surface area contributed by atoms with Gasteiger partial charge in [-0.25, -0.2) is 0 Å². The Hall–Kier alpha value is -1.71. The van der Waals surface area contributed by atoms with Crippen molar-refractivity contribution in [2.75, 3.05) is 93.5 Å². The van der Waals surface area contributed by atoms with Crippen LogP contribution in [0.5, 0.6) is 0 Å². The lowest BCUT2D eigenvalue weighted by Gasteiger charge is -2.41. The van der Waals surface area contributed by atoms with E-state index in [2.05, 4.69) is 19.7 Å². The second-order valence-corrected chi connectivity index (χ2v) is 9.00. The summed E-state index contributed by atoms with van der Waals surface area (Å²) in [5, 5.41) is 0. The van der Waals surface area contributed by atoms with Gasteiger partial charge in [0.15, 0.2) is 11.6 Å². The molecule has 0 spiro atoms. The minimum atomic E-state index is -0.287. The van der Waals surface area contributed by atoms with E-state index < -0.39 is 0 Å². The second-order valence-electron chi connectivity index (χ2n) is 9.00. The van der Waals surface area contributed by atoms with Crippen molar-refractivity contribution >= 4 is 17.6 Å². The van der Waals surface area contributed by atoms with Crippen LogP contribution in [0, 0.1) is 5.82 Å². The van der Waals surface area contributed by atoms with Crippen LogP contribution < -0.4 is 14.7 Å². The molecule has 3 aliphatic heterocycles. The summed E-state index contributed by atoms with van der Waals surface area (Å²) in [6, 6.07) is 0.707. The molecule has 4 fully saturated rings. The van der Waals surface area contributed by atoms with Crippen LogP contribution >= 0.6 is 0 Å². The Morgan fingerprint density at radius 3 is 1.74 bits per heavy atom. The molecule has 8 nitrogen and oxygen atoms in total. The minimum absolute atomic E-state index is 0.287. The van der Waals surface area contributed by atoms with Gasteiger partial charge in [0, 0.05) is 58.4 Å². The summed E-state index contributed by atoms with van der Waals surface area (Å²) in [5.41, 5.74) is 0. The van der Waals surface area contributed by atoms with Crippen molar-refractivity contribution in [2.24, 2.45) is 0 Å². The van der Waals surface area contributed by atoms with E-state index in [0.717, 1.165) is 39.3 Å². The first-order valence-corrected chi connectivity index (χ1v) is 12.0. The number of hydrogen-bond donors (Lipinski definition) is 0. The third kappa shape index (κ3) is 4.73. The van der Waals surface area contributed by atoms with Gasteiger partial charge in [0.2, 0.25) is 11.8 Å². The van der Waals surface area contributed by atoms with E-state index in [4.69, 9.17) is 14.5 Å². The molecule has 1 aromatic rings. The maximum absolute atomic E-state index is 15.7. The van der Waals surface area contributed by atoms with E-state index in [1.54, 1.807) is 0 Å². The molecule has 0 unspecified atom stereocenters. The van der Waals surface area contributed by atoms with E-state index in [1.807, 2.05) is 4.90 Å². The molecule has 172 valence electrons. The molecule has 1 aromatic heterocycles. The Kier molecular flexibility index (Phi) is 6.71. The Balaban J connectivity index is 1.37. The molecule has 1 saturated carbocycles. The Bertz CT molecular complexity index is 727. The fraction of sp³-hybridized carbons (Fsp3) is 0.818. The molecule has 1 aliphatic carbocycles. The van der Waals surface area contributed by atoms with Crippen molar-refractivity contribution in [1.29, 1.82) is 0 Å². The summed E-state index contributed by atoms with van der Waals surface area (Å²) in [7, 11) is 0. The van der Waals surface area contributed by atoms with Gasteiger partial charge in [0.05, 0.1) is 26.4 Å². The molecular weight excluding hydrogens is 399 g/mol. The molecule has 9 heteroatoms. The van der Waals surface area contributed by atoms with Gasteiger partial charge in [0.25, 0.3) is 0 Å². The number of aromatic nitrogens is 2. The number of anilines is 3. The highest BCUT2D eigenvalue weighted by Crippen LogP contribution is 2.31. The number of hydrogen-bond acceptors (Lipinski definition) is 8. The van der Waals surface area contributed by atoms with Gasteiger partial charge in [-0.1, -0.05) is 19.3 Å². The number of nitrogens with zero attached hydrogens (tertiary/aromatic N) is 6. The van der Waals surface area contributed by atoms with Crippen LogP contribution in [0.15, 0.2) is 0 Å². The van der Waals surface area contributed by atoms with E-state index in [9.17, 15) is 0 Å². The second kappa shape index (κ2) is 9.83. The van der Waals surface area contributed by atoms with Gasteiger partial charge in [-0.15, -0.1) is 0 Å². The maximum atomic E-state index is 15.7. The molecule has 0 aromatic carbocycles. The highest BCUT2D eigenvalue weighted by molar-refractivity contribution is 5.58. The minimum Gasteiger partial charge on any atom is -0.378 e. The summed E-state index contributed by atoms with van der Waals surface area (Å²) in [5.74, 6) is 1.21. The topological polar surface area (TPSA) is 57.2 Å². The molecule has 0 radical (unpaired) electrons. The summed E-state index contributed by atoms with van der Waals surface area (Å²) < 4.78 is 26.7. The van der Waals surface area contributed by atoms with Crippen molar-refractivity contribution < 1.29 is 13.9 Å². The maximum Gasteiger partial charge on any atom is 0.229 e. The zero-order valence-corrected chi connectivity index (χ0v) is 18.5. The van der Waals surface area contributed by atoms with Crippen molar-refractivity contribution in [3.63, 3.8) is 0 Å². The van der Waals surface area contributed by atoms with Gasteiger partial charge in [-0.2, -0.15) is 14.4 Å². The predicted octanol–water partition coefficient (Wildman–Crippen LogP) is 1.74. The molecule has 31 heavy (non-hydrogen) atoms. The Morgan fingerprint density at radius 2 is 1.16 bits per heavy atom. The average Bonchev–Trinajstić information content (AvgIpc) is 2.86. The zero-order valence-electron chi connectivity index (χ0n) is 18.5. The van der Waals surface area contributed by atoms with Crippen LogP contribution in [0.25, 0.3) is 0 Å². The van der Waals surface area contributed by atoms with Gasteiger partial charge >= 0.3 is 0 Å².